The van der Waals surface area contributed by atoms with Gasteiger partial charge < -0.3 is 10.1 Å². The normalized spacial score (nSPS) is 11.0. The van der Waals surface area contributed by atoms with Crippen LogP contribution in [0.15, 0.2) is 71.9 Å². The first-order valence-electron chi connectivity index (χ1n) is 8.92. The second kappa shape index (κ2) is 9.15. The van der Waals surface area contributed by atoms with E-state index in [1.54, 1.807) is 36.7 Å². The molecule has 0 unspecified atom stereocenters. The number of ether oxygens (including phenoxy) is 1. The van der Waals surface area contributed by atoms with Crippen molar-refractivity contribution < 1.29 is 17.9 Å². The molecular weight excluding hydrogens is 426 g/mol. The maximum absolute atomic E-state index is 13.0. The number of pyridine rings is 1. The van der Waals surface area contributed by atoms with Crippen molar-refractivity contribution >= 4 is 33.2 Å². The number of nitrogens with one attached hydrogen (secondary N) is 1. The molecule has 0 bridgehead atoms. The zero-order valence-corrected chi connectivity index (χ0v) is 17.9. The number of amides is 1. The Bertz CT molecular complexity index is 1140. The van der Waals surface area contributed by atoms with Gasteiger partial charge in [-0.05, 0) is 54.1 Å². The number of methoxy groups -OCH3 is 1. The van der Waals surface area contributed by atoms with Crippen molar-refractivity contribution in [2.24, 2.45) is 0 Å². The first-order valence-corrected chi connectivity index (χ1v) is 10.7. The molecule has 0 aliphatic rings. The number of hydrogen-bond donors (Lipinski definition) is 1. The Labute approximate surface area is 180 Å². The molecule has 0 aliphatic heterocycles. The molecule has 0 atom stereocenters. The first kappa shape index (κ1) is 21.6. The third-order valence-corrected chi connectivity index (χ3v) is 6.58. The number of aromatic nitrogens is 1. The summed E-state index contributed by atoms with van der Waals surface area (Å²) in [6, 6.07) is 14.2. The molecule has 1 N–H and O–H groups in total. The summed E-state index contributed by atoms with van der Waals surface area (Å²) in [5.74, 6) is 0.136. The Morgan fingerprint density at radius 1 is 1.17 bits per heavy atom. The molecule has 1 amide bonds. The Balaban J connectivity index is 1.83. The zero-order chi connectivity index (χ0) is 21.7. The second-order valence-corrected chi connectivity index (χ2v) is 8.73. The highest BCUT2D eigenvalue weighted by atomic mass is 35.5. The molecule has 3 rings (SSSR count). The topological polar surface area (TPSA) is 88.6 Å². The molecule has 0 radical (unpaired) electrons. The average molecular weight is 446 g/mol. The fourth-order valence-corrected chi connectivity index (χ4v) is 4.10. The number of benzene rings is 2. The minimum absolute atomic E-state index is 0.100. The van der Waals surface area contributed by atoms with Crippen molar-refractivity contribution in [2.45, 2.75) is 11.4 Å². The van der Waals surface area contributed by atoms with Crippen molar-refractivity contribution in [1.29, 1.82) is 0 Å². The van der Waals surface area contributed by atoms with Gasteiger partial charge in [-0.15, -0.1) is 0 Å². The van der Waals surface area contributed by atoms with Crippen LogP contribution in [0.4, 0.5) is 5.69 Å². The lowest BCUT2D eigenvalue weighted by Crippen LogP contribution is -2.27. The van der Waals surface area contributed by atoms with Crippen molar-refractivity contribution in [3.63, 3.8) is 0 Å². The summed E-state index contributed by atoms with van der Waals surface area (Å²) in [5.41, 5.74) is 1.31. The maximum Gasteiger partial charge on any atom is 0.264 e. The number of carbonyl (C=O) groups is 1. The third-order valence-electron chi connectivity index (χ3n) is 4.45. The third kappa shape index (κ3) is 4.72. The van der Waals surface area contributed by atoms with Gasteiger partial charge in [-0.1, -0.05) is 17.7 Å². The fourth-order valence-electron chi connectivity index (χ4n) is 2.71. The summed E-state index contributed by atoms with van der Waals surface area (Å²) in [4.78, 5) is 16.7. The van der Waals surface area contributed by atoms with E-state index in [9.17, 15) is 13.2 Å². The standard InChI is InChI=1S/C21H20ClN3O4S/c1-25(30(27,28)18-8-6-17(29-2)7-9-18)16-5-10-20(22)19(12-16)21(26)24-14-15-4-3-11-23-13-15/h3-13H,14H2,1-2H3,(H,24,26). The van der Waals surface area contributed by atoms with Crippen LogP contribution in [0, 0.1) is 0 Å². The van der Waals surface area contributed by atoms with Crippen LogP contribution in [0.5, 0.6) is 5.75 Å². The first-order chi connectivity index (χ1) is 14.3. The van der Waals surface area contributed by atoms with E-state index < -0.39 is 15.9 Å². The Morgan fingerprint density at radius 3 is 2.53 bits per heavy atom. The van der Waals surface area contributed by atoms with Gasteiger partial charge in [0.15, 0.2) is 0 Å². The van der Waals surface area contributed by atoms with Gasteiger partial charge in [0.2, 0.25) is 0 Å². The summed E-state index contributed by atoms with van der Waals surface area (Å²) in [5, 5.41) is 2.98. The Kier molecular flexibility index (Phi) is 6.59. The SMILES string of the molecule is COc1ccc(S(=O)(=O)N(C)c2ccc(Cl)c(C(=O)NCc3cccnc3)c2)cc1. The van der Waals surface area contributed by atoms with E-state index in [1.807, 2.05) is 6.07 Å². The molecule has 1 aromatic heterocycles. The van der Waals surface area contributed by atoms with Gasteiger partial charge >= 0.3 is 0 Å². The van der Waals surface area contributed by atoms with E-state index in [4.69, 9.17) is 16.3 Å². The lowest BCUT2D eigenvalue weighted by atomic mass is 10.1. The summed E-state index contributed by atoms with van der Waals surface area (Å²) in [7, 11) is -0.912. The summed E-state index contributed by atoms with van der Waals surface area (Å²) >= 11 is 6.19. The largest absolute Gasteiger partial charge is 0.497 e. The molecule has 0 aliphatic carbocycles. The molecule has 9 heteroatoms. The molecule has 7 nitrogen and oxygen atoms in total. The van der Waals surface area contributed by atoms with E-state index in [0.717, 1.165) is 9.87 Å². The average Bonchev–Trinajstić information content (AvgIpc) is 2.78. The van der Waals surface area contributed by atoms with E-state index in [0.29, 0.717) is 11.4 Å². The molecule has 156 valence electrons. The molecule has 0 fully saturated rings. The molecule has 0 saturated carbocycles. The van der Waals surface area contributed by atoms with Gasteiger partial charge in [-0.2, -0.15) is 0 Å². The van der Waals surface area contributed by atoms with Crippen LogP contribution in [0.3, 0.4) is 0 Å². The molecular formula is C21H20ClN3O4S. The van der Waals surface area contributed by atoms with Gasteiger partial charge in [0.1, 0.15) is 5.75 Å². The summed E-state index contributed by atoms with van der Waals surface area (Å²) in [6.45, 7) is 0.271. The number of sulfonamides is 1. The van der Waals surface area contributed by atoms with Crippen LogP contribution in [-0.4, -0.2) is 33.5 Å². The highest BCUT2D eigenvalue weighted by molar-refractivity contribution is 7.92. The van der Waals surface area contributed by atoms with Crippen LogP contribution in [0.25, 0.3) is 0 Å². The number of anilines is 1. The van der Waals surface area contributed by atoms with Crippen molar-refractivity contribution in [2.75, 3.05) is 18.5 Å². The van der Waals surface area contributed by atoms with E-state index in [1.165, 1.54) is 38.4 Å². The minimum Gasteiger partial charge on any atom is -0.497 e. The summed E-state index contributed by atoms with van der Waals surface area (Å²) < 4.78 is 32.1. The molecule has 0 saturated heterocycles. The number of halogens is 1. The quantitative estimate of drug-likeness (QED) is 0.601. The number of hydrogen-bond acceptors (Lipinski definition) is 5. The highest BCUT2D eigenvalue weighted by Crippen LogP contribution is 2.27. The van der Waals surface area contributed by atoms with Gasteiger partial charge in [0.05, 0.1) is 28.3 Å². The lowest BCUT2D eigenvalue weighted by Gasteiger charge is -2.20. The van der Waals surface area contributed by atoms with E-state index >= 15 is 0 Å². The fraction of sp³-hybridized carbons (Fsp3) is 0.143. The van der Waals surface area contributed by atoms with Crippen molar-refractivity contribution in [3.8, 4) is 5.75 Å². The molecule has 2 aromatic carbocycles. The monoisotopic (exact) mass is 445 g/mol. The number of nitrogens with zero attached hydrogens (tertiary/aromatic N) is 2. The van der Waals surface area contributed by atoms with Crippen LogP contribution in [0.2, 0.25) is 5.02 Å². The molecule has 0 spiro atoms. The Morgan fingerprint density at radius 2 is 1.90 bits per heavy atom. The van der Waals surface area contributed by atoms with Gasteiger partial charge in [0, 0.05) is 26.0 Å². The maximum atomic E-state index is 13.0. The minimum atomic E-state index is -3.83. The van der Waals surface area contributed by atoms with Gasteiger partial charge in [-0.3, -0.25) is 14.1 Å². The van der Waals surface area contributed by atoms with Crippen LogP contribution in [-0.2, 0) is 16.6 Å². The van der Waals surface area contributed by atoms with Crippen molar-refractivity contribution in [1.82, 2.24) is 10.3 Å². The van der Waals surface area contributed by atoms with Crippen LogP contribution in [0.1, 0.15) is 15.9 Å². The van der Waals surface area contributed by atoms with Crippen LogP contribution >= 0.6 is 11.6 Å². The Hall–Kier alpha value is -3.10. The molecule has 3 aromatic rings. The summed E-state index contributed by atoms with van der Waals surface area (Å²) in [6.07, 6.45) is 3.29. The van der Waals surface area contributed by atoms with Gasteiger partial charge in [0.25, 0.3) is 15.9 Å². The smallest absolute Gasteiger partial charge is 0.264 e. The predicted octanol–water partition coefficient (Wildman–Crippen LogP) is 3.50. The highest BCUT2D eigenvalue weighted by Gasteiger charge is 2.23. The van der Waals surface area contributed by atoms with E-state index in [-0.39, 0.29) is 22.0 Å². The number of carbonyl (C=O) groups excluding carboxylic acids is 1. The predicted molar refractivity (Wildman–Crippen MR) is 115 cm³/mol. The number of rotatable bonds is 7. The molecule has 1 heterocycles. The van der Waals surface area contributed by atoms with Gasteiger partial charge in [-0.25, -0.2) is 8.42 Å². The van der Waals surface area contributed by atoms with Crippen LogP contribution < -0.4 is 14.4 Å². The van der Waals surface area contributed by atoms with Crippen molar-refractivity contribution in [3.05, 3.63) is 83.1 Å². The molecule has 30 heavy (non-hydrogen) atoms. The lowest BCUT2D eigenvalue weighted by molar-refractivity contribution is 0.0951. The zero-order valence-electron chi connectivity index (χ0n) is 16.4. The second-order valence-electron chi connectivity index (χ2n) is 6.36. The van der Waals surface area contributed by atoms with E-state index in [2.05, 4.69) is 10.3 Å².